The van der Waals surface area contributed by atoms with Gasteiger partial charge in [0.1, 0.15) is 0 Å². The number of amides is 2. The van der Waals surface area contributed by atoms with Crippen LogP contribution in [0.25, 0.3) is 0 Å². The first kappa shape index (κ1) is 17.9. The minimum atomic E-state index is -0.139. The van der Waals surface area contributed by atoms with Gasteiger partial charge < -0.3 is 9.80 Å². The fourth-order valence-corrected chi connectivity index (χ4v) is 3.55. The van der Waals surface area contributed by atoms with Crippen LogP contribution in [0.15, 0.2) is 24.3 Å². The van der Waals surface area contributed by atoms with Crippen LogP contribution >= 0.6 is 0 Å². The molecule has 3 rings (SSSR count). The summed E-state index contributed by atoms with van der Waals surface area (Å²) in [7, 11) is 3.57. The molecule has 1 saturated heterocycles. The van der Waals surface area contributed by atoms with E-state index >= 15 is 0 Å². The van der Waals surface area contributed by atoms with Crippen LogP contribution in [0.1, 0.15) is 36.8 Å². The van der Waals surface area contributed by atoms with E-state index in [-0.39, 0.29) is 17.9 Å². The van der Waals surface area contributed by atoms with Crippen molar-refractivity contribution in [1.82, 2.24) is 14.7 Å². The van der Waals surface area contributed by atoms with Crippen molar-refractivity contribution in [2.24, 2.45) is 0 Å². The summed E-state index contributed by atoms with van der Waals surface area (Å²) in [6.45, 7) is 3.93. The standard InChI is InChI=1S/C20H29N3O2/c1-15-6-8-16(9-7-15)13-23(17-10-11-17)19(24)14-22-12-4-5-18(22)20(25)21(2)3/h6-9,17-18H,4-5,10-14H2,1-3H3. The Kier molecular flexibility index (Phi) is 5.42. The Balaban J connectivity index is 1.65. The molecule has 0 radical (unpaired) electrons. The van der Waals surface area contributed by atoms with Crippen LogP contribution < -0.4 is 0 Å². The summed E-state index contributed by atoms with van der Waals surface area (Å²) in [5.74, 6) is 0.267. The van der Waals surface area contributed by atoms with Crippen molar-refractivity contribution < 1.29 is 9.59 Å². The lowest BCUT2D eigenvalue weighted by atomic mass is 10.1. The lowest BCUT2D eigenvalue weighted by molar-refractivity contribution is -0.137. The molecule has 1 aliphatic carbocycles. The molecule has 1 unspecified atom stereocenters. The van der Waals surface area contributed by atoms with Gasteiger partial charge in [0.15, 0.2) is 0 Å². The molecular formula is C20H29N3O2. The molecule has 1 heterocycles. The van der Waals surface area contributed by atoms with Crippen LogP contribution in [0.4, 0.5) is 0 Å². The van der Waals surface area contributed by atoms with Gasteiger partial charge in [0.05, 0.1) is 12.6 Å². The minimum absolute atomic E-state index is 0.113. The Morgan fingerprint density at radius 1 is 1.12 bits per heavy atom. The Labute approximate surface area is 150 Å². The largest absolute Gasteiger partial charge is 0.347 e. The average Bonchev–Trinajstić information content (AvgIpc) is 3.32. The molecule has 5 nitrogen and oxygen atoms in total. The van der Waals surface area contributed by atoms with Crippen LogP contribution in [0.2, 0.25) is 0 Å². The Morgan fingerprint density at radius 3 is 2.40 bits per heavy atom. The van der Waals surface area contributed by atoms with Crippen LogP contribution in [-0.2, 0) is 16.1 Å². The number of nitrogens with zero attached hydrogens (tertiary/aromatic N) is 3. The van der Waals surface area contributed by atoms with E-state index in [1.165, 1.54) is 11.1 Å². The maximum absolute atomic E-state index is 12.9. The summed E-state index contributed by atoms with van der Waals surface area (Å²) in [5, 5.41) is 0. The summed E-state index contributed by atoms with van der Waals surface area (Å²) in [6.07, 6.45) is 4.03. The predicted molar refractivity (Wildman–Crippen MR) is 98.0 cm³/mol. The van der Waals surface area contributed by atoms with Gasteiger partial charge in [-0.1, -0.05) is 29.8 Å². The van der Waals surface area contributed by atoms with Crippen molar-refractivity contribution in [3.8, 4) is 0 Å². The third kappa shape index (κ3) is 4.40. The summed E-state index contributed by atoms with van der Waals surface area (Å²) < 4.78 is 0. The van der Waals surface area contributed by atoms with E-state index in [1.54, 1.807) is 19.0 Å². The van der Waals surface area contributed by atoms with Crippen molar-refractivity contribution in [3.63, 3.8) is 0 Å². The molecule has 2 amide bonds. The van der Waals surface area contributed by atoms with Gasteiger partial charge in [-0.3, -0.25) is 14.5 Å². The molecule has 0 bridgehead atoms. The highest BCUT2D eigenvalue weighted by atomic mass is 16.2. The Morgan fingerprint density at radius 2 is 1.80 bits per heavy atom. The van der Waals surface area contributed by atoms with E-state index in [1.807, 2.05) is 4.90 Å². The molecule has 5 heteroatoms. The highest BCUT2D eigenvalue weighted by Crippen LogP contribution is 2.29. The fourth-order valence-electron chi connectivity index (χ4n) is 3.55. The number of aryl methyl sites for hydroxylation is 1. The van der Waals surface area contributed by atoms with Crippen molar-refractivity contribution in [2.75, 3.05) is 27.2 Å². The number of likely N-dealkylation sites (N-methyl/N-ethyl adjacent to an activating group) is 1. The van der Waals surface area contributed by atoms with E-state index in [2.05, 4.69) is 36.1 Å². The van der Waals surface area contributed by atoms with Gasteiger partial charge in [0, 0.05) is 26.7 Å². The van der Waals surface area contributed by atoms with E-state index in [4.69, 9.17) is 0 Å². The topological polar surface area (TPSA) is 43.9 Å². The molecule has 25 heavy (non-hydrogen) atoms. The first-order valence-corrected chi connectivity index (χ1v) is 9.26. The second-order valence-corrected chi connectivity index (χ2v) is 7.60. The molecule has 0 aromatic heterocycles. The van der Waals surface area contributed by atoms with E-state index in [0.29, 0.717) is 19.1 Å². The molecule has 1 aromatic rings. The zero-order chi connectivity index (χ0) is 18.0. The summed E-state index contributed by atoms with van der Waals surface area (Å²) in [5.41, 5.74) is 2.41. The zero-order valence-electron chi connectivity index (χ0n) is 15.6. The highest BCUT2D eigenvalue weighted by Gasteiger charge is 2.37. The third-order valence-corrected chi connectivity index (χ3v) is 5.21. The van der Waals surface area contributed by atoms with Crippen molar-refractivity contribution in [3.05, 3.63) is 35.4 Å². The van der Waals surface area contributed by atoms with Crippen molar-refractivity contribution in [2.45, 2.75) is 51.2 Å². The summed E-state index contributed by atoms with van der Waals surface area (Å²) in [4.78, 5) is 31.0. The maximum atomic E-state index is 12.9. The zero-order valence-corrected chi connectivity index (χ0v) is 15.6. The van der Waals surface area contributed by atoms with Crippen molar-refractivity contribution >= 4 is 11.8 Å². The summed E-state index contributed by atoms with van der Waals surface area (Å²) >= 11 is 0. The average molecular weight is 343 g/mol. The molecule has 1 aromatic carbocycles. The van der Waals surface area contributed by atoms with Gasteiger partial charge in [0.2, 0.25) is 11.8 Å². The van der Waals surface area contributed by atoms with Gasteiger partial charge in [-0.15, -0.1) is 0 Å². The molecule has 0 spiro atoms. The van der Waals surface area contributed by atoms with Gasteiger partial charge in [0.25, 0.3) is 0 Å². The smallest absolute Gasteiger partial charge is 0.239 e. The van der Waals surface area contributed by atoms with Crippen LogP contribution in [0.3, 0.4) is 0 Å². The van der Waals surface area contributed by atoms with Crippen molar-refractivity contribution in [1.29, 1.82) is 0 Å². The monoisotopic (exact) mass is 343 g/mol. The molecule has 2 fully saturated rings. The third-order valence-electron chi connectivity index (χ3n) is 5.21. The number of benzene rings is 1. The Bertz CT molecular complexity index is 622. The molecular weight excluding hydrogens is 314 g/mol. The highest BCUT2D eigenvalue weighted by molar-refractivity contribution is 5.84. The van der Waals surface area contributed by atoms with E-state index in [9.17, 15) is 9.59 Å². The molecule has 1 atom stereocenters. The lowest BCUT2D eigenvalue weighted by Crippen LogP contribution is -2.47. The molecule has 1 saturated carbocycles. The van der Waals surface area contributed by atoms with Gasteiger partial charge in [-0.2, -0.15) is 0 Å². The summed E-state index contributed by atoms with van der Waals surface area (Å²) in [6, 6.07) is 8.63. The molecule has 2 aliphatic rings. The predicted octanol–water partition coefficient (Wildman–Crippen LogP) is 2.04. The number of hydrogen-bond donors (Lipinski definition) is 0. The molecule has 0 N–H and O–H groups in total. The Hall–Kier alpha value is -1.88. The van der Waals surface area contributed by atoms with Gasteiger partial charge >= 0.3 is 0 Å². The minimum Gasteiger partial charge on any atom is -0.347 e. The van der Waals surface area contributed by atoms with Crippen LogP contribution in [0.5, 0.6) is 0 Å². The lowest BCUT2D eigenvalue weighted by Gasteiger charge is -2.29. The van der Waals surface area contributed by atoms with Gasteiger partial charge in [-0.25, -0.2) is 0 Å². The SMILES string of the molecule is Cc1ccc(CN(C(=O)CN2CCCC2C(=O)N(C)C)C2CC2)cc1. The van der Waals surface area contributed by atoms with E-state index < -0.39 is 0 Å². The van der Waals surface area contributed by atoms with Crippen LogP contribution in [-0.4, -0.2) is 65.8 Å². The van der Waals surface area contributed by atoms with Crippen LogP contribution in [0, 0.1) is 6.92 Å². The first-order valence-electron chi connectivity index (χ1n) is 9.26. The number of rotatable bonds is 6. The number of hydrogen-bond acceptors (Lipinski definition) is 3. The maximum Gasteiger partial charge on any atom is 0.239 e. The molecule has 1 aliphatic heterocycles. The number of carbonyl (C=O) groups is 2. The number of likely N-dealkylation sites (tertiary alicyclic amines) is 1. The second-order valence-electron chi connectivity index (χ2n) is 7.60. The molecule has 136 valence electrons. The number of carbonyl (C=O) groups excluding carboxylic acids is 2. The quantitative estimate of drug-likeness (QED) is 0.794. The fraction of sp³-hybridized carbons (Fsp3) is 0.600. The second kappa shape index (κ2) is 7.56. The van der Waals surface area contributed by atoms with E-state index in [0.717, 1.165) is 32.2 Å². The van der Waals surface area contributed by atoms with Gasteiger partial charge in [-0.05, 0) is 44.7 Å². The first-order chi connectivity index (χ1) is 12.0. The normalized spacial score (nSPS) is 20.5.